The van der Waals surface area contributed by atoms with Gasteiger partial charge in [-0.2, -0.15) is 13.2 Å². The minimum absolute atomic E-state index is 0.0476. The average molecular weight is 305 g/mol. The van der Waals surface area contributed by atoms with Crippen molar-refractivity contribution in [2.24, 2.45) is 0 Å². The van der Waals surface area contributed by atoms with E-state index in [4.69, 9.17) is 16.0 Å². The number of nitrogens with zero attached hydrogens (tertiary/aromatic N) is 1. The minimum Gasteiger partial charge on any atom is -0.464 e. The van der Waals surface area contributed by atoms with Crippen LogP contribution in [0.3, 0.4) is 0 Å². The van der Waals surface area contributed by atoms with Crippen LogP contribution in [0.4, 0.5) is 19.0 Å². The van der Waals surface area contributed by atoms with E-state index < -0.39 is 11.7 Å². The fourth-order valence-corrected chi connectivity index (χ4v) is 1.92. The first-order valence-corrected chi connectivity index (χ1v) is 6.21. The summed E-state index contributed by atoms with van der Waals surface area (Å²) in [4.78, 5) is 3.83. The highest BCUT2D eigenvalue weighted by Crippen LogP contribution is 2.32. The molecule has 1 atom stereocenters. The van der Waals surface area contributed by atoms with Gasteiger partial charge in [0.15, 0.2) is 0 Å². The second kappa shape index (κ2) is 5.36. The largest absolute Gasteiger partial charge is 0.464 e. The third kappa shape index (κ3) is 3.45. The van der Waals surface area contributed by atoms with Gasteiger partial charge in [0.1, 0.15) is 22.5 Å². The first-order chi connectivity index (χ1) is 9.25. The standard InChI is InChI=1S/C13H12ClF3N2O/c1-7-3-4-10(20-7)8(2)18-12-6-9(13(15,16)17)5-11(14)19-12/h3-6,8H,1-2H3,(H,18,19). The van der Waals surface area contributed by atoms with Crippen molar-refractivity contribution in [3.63, 3.8) is 0 Å². The highest BCUT2D eigenvalue weighted by atomic mass is 35.5. The summed E-state index contributed by atoms with van der Waals surface area (Å²) in [6, 6.07) is 4.91. The van der Waals surface area contributed by atoms with Crippen LogP contribution in [0, 0.1) is 6.92 Å². The van der Waals surface area contributed by atoms with Gasteiger partial charge < -0.3 is 9.73 Å². The highest BCUT2D eigenvalue weighted by Gasteiger charge is 2.31. The van der Waals surface area contributed by atoms with E-state index in [1.54, 1.807) is 26.0 Å². The van der Waals surface area contributed by atoms with Gasteiger partial charge in [-0.25, -0.2) is 4.98 Å². The summed E-state index contributed by atoms with van der Waals surface area (Å²) in [5.74, 6) is 1.38. The van der Waals surface area contributed by atoms with Crippen molar-refractivity contribution < 1.29 is 17.6 Å². The molecular formula is C13H12ClF3N2O. The smallest absolute Gasteiger partial charge is 0.416 e. The van der Waals surface area contributed by atoms with Crippen LogP contribution in [0.25, 0.3) is 0 Å². The topological polar surface area (TPSA) is 38.1 Å². The van der Waals surface area contributed by atoms with Gasteiger partial charge in [0.05, 0.1) is 11.6 Å². The Balaban J connectivity index is 2.23. The van der Waals surface area contributed by atoms with Crippen LogP contribution in [0.5, 0.6) is 0 Å². The summed E-state index contributed by atoms with van der Waals surface area (Å²) >= 11 is 5.62. The molecular weight excluding hydrogens is 293 g/mol. The van der Waals surface area contributed by atoms with Gasteiger partial charge in [-0.15, -0.1) is 0 Å². The zero-order valence-corrected chi connectivity index (χ0v) is 11.5. The monoisotopic (exact) mass is 304 g/mol. The fraction of sp³-hybridized carbons (Fsp3) is 0.308. The molecule has 0 spiro atoms. The number of aryl methyl sites for hydroxylation is 1. The molecule has 108 valence electrons. The van der Waals surface area contributed by atoms with Crippen molar-refractivity contribution in [1.29, 1.82) is 0 Å². The maximum Gasteiger partial charge on any atom is 0.416 e. The first kappa shape index (κ1) is 14.7. The Morgan fingerprint density at radius 2 is 2.00 bits per heavy atom. The van der Waals surface area contributed by atoms with Crippen molar-refractivity contribution in [3.8, 4) is 0 Å². The predicted molar refractivity (Wildman–Crippen MR) is 69.7 cm³/mol. The number of halogens is 4. The quantitative estimate of drug-likeness (QED) is 0.825. The second-order valence-corrected chi connectivity index (χ2v) is 4.76. The van der Waals surface area contributed by atoms with E-state index in [-0.39, 0.29) is 17.0 Å². The van der Waals surface area contributed by atoms with Gasteiger partial charge in [0.2, 0.25) is 0 Å². The summed E-state index contributed by atoms with van der Waals surface area (Å²) < 4.78 is 43.4. The number of nitrogens with one attached hydrogen (secondary N) is 1. The molecule has 0 fully saturated rings. The lowest BCUT2D eigenvalue weighted by Crippen LogP contribution is -2.10. The van der Waals surface area contributed by atoms with Crippen LogP contribution in [0.15, 0.2) is 28.7 Å². The van der Waals surface area contributed by atoms with Crippen LogP contribution < -0.4 is 5.32 Å². The molecule has 2 aromatic heterocycles. The Kier molecular flexibility index (Phi) is 3.94. The van der Waals surface area contributed by atoms with Crippen molar-refractivity contribution in [2.75, 3.05) is 5.32 Å². The number of alkyl halides is 3. The zero-order chi connectivity index (χ0) is 14.9. The third-order valence-electron chi connectivity index (χ3n) is 2.67. The first-order valence-electron chi connectivity index (χ1n) is 5.83. The lowest BCUT2D eigenvalue weighted by Gasteiger charge is -2.14. The zero-order valence-electron chi connectivity index (χ0n) is 10.8. The summed E-state index contributed by atoms with van der Waals surface area (Å²) in [5, 5.41) is 2.62. The Bertz CT molecular complexity index is 610. The molecule has 7 heteroatoms. The normalized spacial score (nSPS) is 13.3. The molecule has 1 unspecified atom stereocenters. The summed E-state index contributed by atoms with van der Waals surface area (Å²) in [5.41, 5.74) is -0.845. The molecule has 2 aromatic rings. The van der Waals surface area contributed by atoms with Gasteiger partial charge in [-0.1, -0.05) is 11.6 Å². The summed E-state index contributed by atoms with van der Waals surface area (Å²) in [7, 11) is 0. The van der Waals surface area contributed by atoms with E-state index in [9.17, 15) is 13.2 Å². The molecule has 1 N–H and O–H groups in total. The average Bonchev–Trinajstić information content (AvgIpc) is 2.74. The molecule has 2 rings (SSSR count). The molecule has 0 bridgehead atoms. The van der Waals surface area contributed by atoms with Crippen molar-refractivity contribution >= 4 is 17.4 Å². The molecule has 0 aromatic carbocycles. The van der Waals surface area contributed by atoms with E-state index in [0.717, 1.165) is 17.9 Å². The number of anilines is 1. The molecule has 0 saturated carbocycles. The summed E-state index contributed by atoms with van der Waals surface area (Å²) in [6.07, 6.45) is -4.46. The lowest BCUT2D eigenvalue weighted by molar-refractivity contribution is -0.137. The van der Waals surface area contributed by atoms with Crippen LogP contribution >= 0.6 is 11.6 Å². The number of rotatable bonds is 3. The Morgan fingerprint density at radius 1 is 1.30 bits per heavy atom. The molecule has 2 heterocycles. The van der Waals surface area contributed by atoms with Crippen molar-refractivity contribution in [1.82, 2.24) is 4.98 Å². The Hall–Kier alpha value is -1.69. The van der Waals surface area contributed by atoms with Crippen LogP contribution in [0.1, 0.15) is 30.0 Å². The van der Waals surface area contributed by atoms with Crippen LogP contribution in [0.2, 0.25) is 5.15 Å². The maximum absolute atomic E-state index is 12.7. The van der Waals surface area contributed by atoms with Crippen molar-refractivity contribution in [2.45, 2.75) is 26.1 Å². The molecule has 0 aliphatic heterocycles. The molecule has 0 aliphatic rings. The molecule has 0 amide bonds. The Labute approximate surface area is 118 Å². The fourth-order valence-electron chi connectivity index (χ4n) is 1.71. The molecule has 0 aliphatic carbocycles. The number of hydrogen-bond donors (Lipinski definition) is 1. The molecule has 3 nitrogen and oxygen atoms in total. The second-order valence-electron chi connectivity index (χ2n) is 4.38. The van der Waals surface area contributed by atoms with Gasteiger partial charge in [-0.3, -0.25) is 0 Å². The Morgan fingerprint density at radius 3 is 2.55 bits per heavy atom. The molecule has 20 heavy (non-hydrogen) atoms. The van der Waals surface area contributed by atoms with E-state index in [1.807, 2.05) is 0 Å². The lowest BCUT2D eigenvalue weighted by atomic mass is 10.2. The van der Waals surface area contributed by atoms with Crippen LogP contribution in [-0.2, 0) is 6.18 Å². The van der Waals surface area contributed by atoms with Crippen LogP contribution in [-0.4, -0.2) is 4.98 Å². The van der Waals surface area contributed by atoms with Gasteiger partial charge in [0, 0.05) is 0 Å². The number of pyridine rings is 1. The van der Waals surface area contributed by atoms with Gasteiger partial charge in [0.25, 0.3) is 0 Å². The van der Waals surface area contributed by atoms with E-state index >= 15 is 0 Å². The maximum atomic E-state index is 12.7. The van der Waals surface area contributed by atoms with E-state index in [1.165, 1.54) is 0 Å². The number of aromatic nitrogens is 1. The van der Waals surface area contributed by atoms with E-state index in [0.29, 0.717) is 5.76 Å². The van der Waals surface area contributed by atoms with Gasteiger partial charge >= 0.3 is 6.18 Å². The van der Waals surface area contributed by atoms with Gasteiger partial charge in [-0.05, 0) is 38.1 Å². The predicted octanol–water partition coefficient (Wildman–Crippen LogP) is 4.83. The number of furan rings is 1. The van der Waals surface area contributed by atoms with E-state index in [2.05, 4.69) is 10.3 Å². The SMILES string of the molecule is Cc1ccc(C(C)Nc2cc(C(F)(F)F)cc(Cl)n2)o1. The number of hydrogen-bond acceptors (Lipinski definition) is 3. The molecule has 0 radical (unpaired) electrons. The highest BCUT2D eigenvalue weighted by molar-refractivity contribution is 6.29. The van der Waals surface area contributed by atoms with Crippen molar-refractivity contribution in [3.05, 3.63) is 46.5 Å². The third-order valence-corrected chi connectivity index (χ3v) is 2.87. The summed E-state index contributed by atoms with van der Waals surface area (Å²) in [6.45, 7) is 3.55. The molecule has 0 saturated heterocycles. The minimum atomic E-state index is -4.46.